The molecule has 0 bridgehead atoms. The second-order valence-corrected chi connectivity index (χ2v) is 4.71. The van der Waals surface area contributed by atoms with Crippen LogP contribution in [0.2, 0.25) is 0 Å². The smallest absolute Gasteiger partial charge is 0.333 e. The normalized spacial score (nSPS) is 13.0. The van der Waals surface area contributed by atoms with Crippen molar-refractivity contribution in [2.24, 2.45) is 12.8 Å². The lowest BCUT2D eigenvalue weighted by molar-refractivity contribution is 0.186. The molecule has 20 heavy (non-hydrogen) atoms. The van der Waals surface area contributed by atoms with E-state index in [0.717, 1.165) is 0 Å². The average molecular weight is 281 g/mol. The second-order valence-electron chi connectivity index (χ2n) is 4.71. The minimum Gasteiger partial charge on any atom is -0.383 e. The third-order valence-corrected chi connectivity index (χ3v) is 3.33. The molecule has 0 aliphatic carbocycles. The number of ether oxygens (including phenoxy) is 1. The van der Waals surface area contributed by atoms with Crippen LogP contribution in [0.1, 0.15) is 13.0 Å². The van der Waals surface area contributed by atoms with Crippen molar-refractivity contribution in [3.8, 4) is 0 Å². The van der Waals surface area contributed by atoms with E-state index in [1.807, 2.05) is 0 Å². The minimum absolute atomic E-state index is 0.211. The average Bonchev–Trinajstić information content (AvgIpc) is 2.80. The molecule has 0 aliphatic rings. The minimum atomic E-state index is -0.406. The van der Waals surface area contributed by atoms with Gasteiger partial charge in [-0.15, -0.1) is 0 Å². The van der Waals surface area contributed by atoms with Gasteiger partial charge in [-0.25, -0.2) is 9.78 Å². The molecule has 8 heteroatoms. The van der Waals surface area contributed by atoms with Crippen LogP contribution in [0.25, 0.3) is 11.2 Å². The molecule has 2 aromatic rings. The summed E-state index contributed by atoms with van der Waals surface area (Å²) in [5.41, 5.74) is 5.59. The Labute approximate surface area is 115 Å². The van der Waals surface area contributed by atoms with Gasteiger partial charge < -0.3 is 15.0 Å². The van der Waals surface area contributed by atoms with Gasteiger partial charge in [-0.1, -0.05) is 0 Å². The molecule has 2 rings (SSSR count). The number of aryl methyl sites for hydroxylation is 1. The maximum absolute atomic E-state index is 12.5. The molecule has 2 aromatic heterocycles. The van der Waals surface area contributed by atoms with Crippen molar-refractivity contribution in [3.63, 3.8) is 0 Å². The van der Waals surface area contributed by atoms with Gasteiger partial charge in [0.05, 0.1) is 25.5 Å². The van der Waals surface area contributed by atoms with Crippen molar-refractivity contribution in [2.75, 3.05) is 20.3 Å². The van der Waals surface area contributed by atoms with Crippen molar-refractivity contribution in [3.05, 3.63) is 27.2 Å². The van der Waals surface area contributed by atoms with Gasteiger partial charge in [-0.05, 0) is 6.92 Å². The summed E-state index contributed by atoms with van der Waals surface area (Å²) in [4.78, 5) is 29.1. The summed E-state index contributed by atoms with van der Waals surface area (Å²) >= 11 is 0. The Bertz CT molecular complexity index is 727. The largest absolute Gasteiger partial charge is 0.383 e. The zero-order valence-electron chi connectivity index (χ0n) is 11.9. The fourth-order valence-corrected chi connectivity index (χ4v) is 2.16. The topological polar surface area (TPSA) is 97.1 Å². The zero-order chi connectivity index (χ0) is 14.9. The predicted octanol–water partition coefficient (Wildman–Crippen LogP) is -0.937. The molecule has 0 aliphatic heterocycles. The molecule has 110 valence electrons. The Balaban J connectivity index is 2.83. The van der Waals surface area contributed by atoms with Crippen LogP contribution in [0.4, 0.5) is 0 Å². The molecule has 0 spiro atoms. The van der Waals surface area contributed by atoms with Crippen molar-refractivity contribution in [1.29, 1.82) is 0 Å². The summed E-state index contributed by atoms with van der Waals surface area (Å²) in [6.07, 6.45) is 1.52. The molecule has 0 amide bonds. The highest BCUT2D eigenvalue weighted by atomic mass is 16.5. The Morgan fingerprint density at radius 1 is 1.45 bits per heavy atom. The van der Waals surface area contributed by atoms with E-state index in [9.17, 15) is 9.59 Å². The number of hydrogen-bond acceptors (Lipinski definition) is 5. The van der Waals surface area contributed by atoms with Crippen molar-refractivity contribution in [2.45, 2.75) is 19.5 Å². The van der Waals surface area contributed by atoms with E-state index >= 15 is 0 Å². The summed E-state index contributed by atoms with van der Waals surface area (Å²) in [5.74, 6) is 0. The van der Waals surface area contributed by atoms with Crippen LogP contribution in [-0.4, -0.2) is 38.9 Å². The monoisotopic (exact) mass is 281 g/mol. The van der Waals surface area contributed by atoms with Crippen LogP contribution in [0.15, 0.2) is 15.9 Å². The van der Waals surface area contributed by atoms with Crippen molar-refractivity contribution in [1.82, 2.24) is 18.7 Å². The van der Waals surface area contributed by atoms with E-state index < -0.39 is 5.69 Å². The first-order valence-corrected chi connectivity index (χ1v) is 6.38. The first-order valence-electron chi connectivity index (χ1n) is 6.38. The first-order chi connectivity index (χ1) is 9.52. The lowest BCUT2D eigenvalue weighted by Crippen LogP contribution is -2.44. The van der Waals surface area contributed by atoms with E-state index in [0.29, 0.717) is 24.3 Å². The lowest BCUT2D eigenvalue weighted by Gasteiger charge is -2.15. The van der Waals surface area contributed by atoms with Gasteiger partial charge in [0.15, 0.2) is 11.2 Å². The Morgan fingerprint density at radius 3 is 2.75 bits per heavy atom. The SMILES string of the molecule is COCCn1c(=O)n(C(C)CN)c(=O)c2c1ncn2C. The number of hydrogen-bond donors (Lipinski definition) is 1. The molecule has 0 radical (unpaired) electrons. The van der Waals surface area contributed by atoms with Gasteiger partial charge in [0.1, 0.15) is 0 Å². The van der Waals surface area contributed by atoms with Gasteiger partial charge in [0, 0.05) is 20.7 Å². The summed E-state index contributed by atoms with van der Waals surface area (Å²) in [6, 6.07) is -0.372. The number of rotatable bonds is 5. The third-order valence-electron chi connectivity index (χ3n) is 3.33. The van der Waals surface area contributed by atoms with E-state index in [1.165, 1.54) is 15.5 Å². The third kappa shape index (κ3) is 2.16. The van der Waals surface area contributed by atoms with Crippen LogP contribution in [0.5, 0.6) is 0 Å². The van der Waals surface area contributed by atoms with Gasteiger partial charge in [0.2, 0.25) is 0 Å². The number of nitrogens with zero attached hydrogens (tertiary/aromatic N) is 4. The van der Waals surface area contributed by atoms with Gasteiger partial charge in [-0.2, -0.15) is 0 Å². The molecule has 2 heterocycles. The number of aromatic nitrogens is 4. The highest BCUT2D eigenvalue weighted by Gasteiger charge is 2.19. The molecular weight excluding hydrogens is 262 g/mol. The Kier molecular flexibility index (Phi) is 4.05. The zero-order valence-corrected chi connectivity index (χ0v) is 11.9. The van der Waals surface area contributed by atoms with Gasteiger partial charge in [0.25, 0.3) is 5.56 Å². The summed E-state index contributed by atoms with van der Waals surface area (Å²) in [5, 5.41) is 0. The van der Waals surface area contributed by atoms with E-state index in [2.05, 4.69) is 4.98 Å². The van der Waals surface area contributed by atoms with E-state index in [-0.39, 0.29) is 18.1 Å². The molecule has 0 saturated carbocycles. The quantitative estimate of drug-likeness (QED) is 0.763. The molecule has 8 nitrogen and oxygen atoms in total. The van der Waals surface area contributed by atoms with Crippen LogP contribution in [-0.2, 0) is 18.3 Å². The van der Waals surface area contributed by atoms with Crippen molar-refractivity contribution < 1.29 is 4.74 Å². The fourth-order valence-electron chi connectivity index (χ4n) is 2.16. The van der Waals surface area contributed by atoms with Crippen molar-refractivity contribution >= 4 is 11.2 Å². The predicted molar refractivity (Wildman–Crippen MR) is 74.9 cm³/mol. The molecule has 0 fully saturated rings. The molecular formula is C12H19N5O3. The standard InChI is InChI=1S/C12H19N5O3/c1-8(6-13)17-11(18)9-10(14-7-15(9)2)16(12(17)19)4-5-20-3/h7-8H,4-6,13H2,1-3H3. The van der Waals surface area contributed by atoms with E-state index in [1.54, 1.807) is 25.6 Å². The highest BCUT2D eigenvalue weighted by Crippen LogP contribution is 2.06. The lowest BCUT2D eigenvalue weighted by atomic mass is 10.3. The second kappa shape index (κ2) is 5.59. The number of fused-ring (bicyclic) bond motifs is 1. The number of methoxy groups -OCH3 is 1. The van der Waals surface area contributed by atoms with E-state index in [4.69, 9.17) is 10.5 Å². The summed E-state index contributed by atoms with van der Waals surface area (Å²) in [7, 11) is 3.28. The van der Waals surface area contributed by atoms with Crippen LogP contribution in [0.3, 0.4) is 0 Å². The maximum Gasteiger partial charge on any atom is 0.333 e. The number of nitrogens with two attached hydrogens (primary N) is 1. The Hall–Kier alpha value is -1.93. The molecule has 1 unspecified atom stereocenters. The summed E-state index contributed by atoms with van der Waals surface area (Å²) in [6.45, 7) is 2.65. The van der Waals surface area contributed by atoms with Crippen LogP contribution >= 0.6 is 0 Å². The maximum atomic E-state index is 12.5. The molecule has 0 saturated heterocycles. The molecule has 2 N–H and O–H groups in total. The Morgan fingerprint density at radius 2 is 2.15 bits per heavy atom. The highest BCUT2D eigenvalue weighted by molar-refractivity contribution is 5.69. The van der Waals surface area contributed by atoms with Gasteiger partial charge >= 0.3 is 5.69 Å². The van der Waals surface area contributed by atoms with Crippen LogP contribution < -0.4 is 17.0 Å². The molecule has 0 aromatic carbocycles. The fraction of sp³-hybridized carbons (Fsp3) is 0.583. The van der Waals surface area contributed by atoms with Gasteiger partial charge in [-0.3, -0.25) is 13.9 Å². The first kappa shape index (κ1) is 14.5. The number of imidazole rings is 1. The molecule has 1 atom stereocenters. The van der Waals surface area contributed by atoms with Crippen LogP contribution in [0, 0.1) is 0 Å². The summed E-state index contributed by atoms with van der Waals surface area (Å²) < 4.78 is 9.25.